The first-order chi connectivity index (χ1) is 8.24. The van der Waals surface area contributed by atoms with E-state index in [1.54, 1.807) is 18.2 Å². The lowest BCUT2D eigenvalue weighted by atomic mass is 9.87. The van der Waals surface area contributed by atoms with Gasteiger partial charge in [-0.15, -0.1) is 12.4 Å². The molecule has 0 aromatic heterocycles. The Kier molecular flexibility index (Phi) is 5.42. The summed E-state index contributed by atoms with van der Waals surface area (Å²) in [6.45, 7) is 1.44. The summed E-state index contributed by atoms with van der Waals surface area (Å²) in [5.41, 5.74) is 7.11. The van der Waals surface area contributed by atoms with Gasteiger partial charge in [-0.2, -0.15) is 5.26 Å². The van der Waals surface area contributed by atoms with Crippen molar-refractivity contribution in [2.24, 2.45) is 11.7 Å². The highest BCUT2D eigenvalue weighted by Crippen LogP contribution is 2.34. The SMILES string of the molecule is Cl.N#Cc1cccc([C@@H](N)C2CCOCC2)c1O. The molecule has 1 aromatic rings. The van der Waals surface area contributed by atoms with Gasteiger partial charge in [0.2, 0.25) is 0 Å². The zero-order valence-corrected chi connectivity index (χ0v) is 10.8. The molecule has 0 saturated carbocycles. The molecule has 0 amide bonds. The molecule has 98 valence electrons. The molecule has 1 aromatic carbocycles. The number of ether oxygens (including phenoxy) is 1. The van der Waals surface area contributed by atoms with Gasteiger partial charge in [-0.1, -0.05) is 12.1 Å². The van der Waals surface area contributed by atoms with Crippen molar-refractivity contribution in [3.63, 3.8) is 0 Å². The summed E-state index contributed by atoms with van der Waals surface area (Å²) in [7, 11) is 0. The summed E-state index contributed by atoms with van der Waals surface area (Å²) in [5, 5.41) is 18.8. The lowest BCUT2D eigenvalue weighted by Crippen LogP contribution is -2.27. The average Bonchev–Trinajstić information content (AvgIpc) is 2.39. The normalized spacial score (nSPS) is 17.6. The molecule has 0 aliphatic carbocycles. The third-order valence-corrected chi connectivity index (χ3v) is 3.32. The molecule has 1 atom stereocenters. The van der Waals surface area contributed by atoms with Crippen molar-refractivity contribution in [3.8, 4) is 11.8 Å². The first kappa shape index (κ1) is 14.8. The molecule has 18 heavy (non-hydrogen) atoms. The summed E-state index contributed by atoms with van der Waals surface area (Å²) in [4.78, 5) is 0. The molecule has 5 heteroatoms. The summed E-state index contributed by atoms with van der Waals surface area (Å²) < 4.78 is 5.29. The monoisotopic (exact) mass is 268 g/mol. The molecule has 0 bridgehead atoms. The van der Waals surface area contributed by atoms with Crippen molar-refractivity contribution in [1.82, 2.24) is 0 Å². The number of phenols is 1. The number of para-hydroxylation sites is 1. The number of hydrogen-bond donors (Lipinski definition) is 2. The van der Waals surface area contributed by atoms with Gasteiger partial charge in [0.15, 0.2) is 0 Å². The first-order valence-corrected chi connectivity index (χ1v) is 5.79. The summed E-state index contributed by atoms with van der Waals surface area (Å²) >= 11 is 0. The lowest BCUT2D eigenvalue weighted by Gasteiger charge is -2.28. The van der Waals surface area contributed by atoms with E-state index in [9.17, 15) is 5.11 Å². The van der Waals surface area contributed by atoms with Gasteiger partial charge in [-0.25, -0.2) is 0 Å². The predicted molar refractivity (Wildman–Crippen MR) is 70.5 cm³/mol. The van der Waals surface area contributed by atoms with Crippen molar-refractivity contribution in [2.75, 3.05) is 13.2 Å². The second-order valence-corrected chi connectivity index (χ2v) is 4.33. The molecule has 2 rings (SSSR count). The number of phenolic OH excluding ortho intramolecular Hbond substituents is 1. The minimum absolute atomic E-state index is 0. The van der Waals surface area contributed by atoms with Crippen LogP contribution in [0, 0.1) is 17.2 Å². The topological polar surface area (TPSA) is 79.3 Å². The summed E-state index contributed by atoms with van der Waals surface area (Å²) in [5.74, 6) is 0.331. The minimum atomic E-state index is -0.229. The number of rotatable bonds is 2. The Hall–Kier alpha value is -1.28. The second kappa shape index (κ2) is 6.60. The molecule has 1 aliphatic rings. The van der Waals surface area contributed by atoms with E-state index in [0.29, 0.717) is 11.5 Å². The molecule has 0 unspecified atom stereocenters. The molecule has 0 spiro atoms. The fraction of sp³-hybridized carbons (Fsp3) is 0.462. The Labute approximate surface area is 113 Å². The molecule has 4 nitrogen and oxygen atoms in total. The van der Waals surface area contributed by atoms with E-state index in [1.165, 1.54) is 0 Å². The van der Waals surface area contributed by atoms with Gasteiger partial charge in [-0.05, 0) is 24.8 Å². The van der Waals surface area contributed by atoms with Gasteiger partial charge in [-0.3, -0.25) is 0 Å². The van der Waals surface area contributed by atoms with Gasteiger partial charge >= 0.3 is 0 Å². The number of hydrogen-bond acceptors (Lipinski definition) is 4. The van der Waals surface area contributed by atoms with E-state index in [1.807, 2.05) is 6.07 Å². The zero-order chi connectivity index (χ0) is 12.3. The Morgan fingerprint density at radius 2 is 2.06 bits per heavy atom. The van der Waals surface area contributed by atoms with Crippen molar-refractivity contribution in [3.05, 3.63) is 29.3 Å². The van der Waals surface area contributed by atoms with Crippen LogP contribution in [0.4, 0.5) is 0 Å². The molecule has 0 radical (unpaired) electrons. The van der Waals surface area contributed by atoms with Gasteiger partial charge in [0, 0.05) is 24.8 Å². The maximum Gasteiger partial charge on any atom is 0.138 e. The Balaban J connectivity index is 0.00000162. The van der Waals surface area contributed by atoms with Crippen LogP contribution in [0.2, 0.25) is 0 Å². The maximum absolute atomic E-state index is 9.96. The highest BCUT2D eigenvalue weighted by Gasteiger charge is 2.24. The first-order valence-electron chi connectivity index (χ1n) is 5.79. The van der Waals surface area contributed by atoms with Crippen molar-refractivity contribution in [1.29, 1.82) is 5.26 Å². The Bertz CT molecular complexity index is 439. The number of nitrogens with two attached hydrogens (primary N) is 1. The number of benzene rings is 1. The molecular weight excluding hydrogens is 252 g/mol. The Morgan fingerprint density at radius 3 is 2.67 bits per heavy atom. The number of nitriles is 1. The standard InChI is InChI=1S/C13H16N2O2.ClH/c14-8-10-2-1-3-11(13(10)16)12(15)9-4-6-17-7-5-9;/h1-3,9,12,16H,4-7,15H2;1H/t12-;/m0./s1. The van der Waals surface area contributed by atoms with Crippen LogP contribution < -0.4 is 5.73 Å². The van der Waals surface area contributed by atoms with Crippen LogP contribution in [-0.2, 0) is 4.74 Å². The predicted octanol–water partition coefficient (Wildman–Crippen LogP) is 2.11. The second-order valence-electron chi connectivity index (χ2n) is 4.33. The van der Waals surface area contributed by atoms with Crippen LogP contribution in [0.5, 0.6) is 5.75 Å². The van der Waals surface area contributed by atoms with E-state index >= 15 is 0 Å². The summed E-state index contributed by atoms with van der Waals surface area (Å²) in [6.07, 6.45) is 1.80. The van der Waals surface area contributed by atoms with Crippen LogP contribution in [-0.4, -0.2) is 18.3 Å². The van der Waals surface area contributed by atoms with Gasteiger partial charge in [0.25, 0.3) is 0 Å². The Morgan fingerprint density at radius 1 is 1.39 bits per heavy atom. The molecule has 1 aliphatic heterocycles. The number of nitrogens with zero attached hydrogens (tertiary/aromatic N) is 1. The third-order valence-electron chi connectivity index (χ3n) is 3.32. The van der Waals surface area contributed by atoms with Crippen molar-refractivity contribution in [2.45, 2.75) is 18.9 Å². The van der Waals surface area contributed by atoms with E-state index in [-0.39, 0.29) is 29.8 Å². The fourth-order valence-corrected chi connectivity index (χ4v) is 2.25. The van der Waals surface area contributed by atoms with Gasteiger partial charge < -0.3 is 15.6 Å². The third kappa shape index (κ3) is 2.94. The van der Waals surface area contributed by atoms with Gasteiger partial charge in [0.05, 0.1) is 5.56 Å². The van der Waals surface area contributed by atoms with E-state index in [0.717, 1.165) is 26.1 Å². The quantitative estimate of drug-likeness (QED) is 0.861. The smallest absolute Gasteiger partial charge is 0.138 e. The number of aromatic hydroxyl groups is 1. The van der Waals surface area contributed by atoms with Crippen LogP contribution in [0.15, 0.2) is 18.2 Å². The average molecular weight is 269 g/mol. The van der Waals surface area contributed by atoms with E-state index in [4.69, 9.17) is 15.7 Å². The zero-order valence-electron chi connectivity index (χ0n) is 10.0. The highest BCUT2D eigenvalue weighted by atomic mass is 35.5. The van der Waals surface area contributed by atoms with Crippen molar-refractivity contribution >= 4 is 12.4 Å². The maximum atomic E-state index is 9.96. The fourth-order valence-electron chi connectivity index (χ4n) is 2.25. The van der Waals surface area contributed by atoms with Crippen LogP contribution in [0.1, 0.15) is 30.0 Å². The molecule has 3 N–H and O–H groups in total. The molecular formula is C13H17ClN2O2. The highest BCUT2D eigenvalue weighted by molar-refractivity contribution is 5.85. The molecule has 1 fully saturated rings. The van der Waals surface area contributed by atoms with E-state index in [2.05, 4.69) is 0 Å². The minimum Gasteiger partial charge on any atom is -0.506 e. The lowest BCUT2D eigenvalue weighted by molar-refractivity contribution is 0.0581. The van der Waals surface area contributed by atoms with Crippen molar-refractivity contribution < 1.29 is 9.84 Å². The van der Waals surface area contributed by atoms with Crippen LogP contribution in [0.25, 0.3) is 0 Å². The molecule has 1 heterocycles. The van der Waals surface area contributed by atoms with Gasteiger partial charge in [0.1, 0.15) is 11.8 Å². The van der Waals surface area contributed by atoms with Crippen LogP contribution >= 0.6 is 12.4 Å². The summed E-state index contributed by atoms with van der Waals surface area (Å²) in [6, 6.07) is 6.87. The van der Waals surface area contributed by atoms with E-state index < -0.39 is 0 Å². The molecule has 1 saturated heterocycles. The largest absolute Gasteiger partial charge is 0.506 e. The van der Waals surface area contributed by atoms with Crippen LogP contribution in [0.3, 0.4) is 0 Å². The number of halogens is 1.